The number of hydrogen-bond acceptors (Lipinski definition) is 4. The topological polar surface area (TPSA) is 62.5 Å². The Bertz CT molecular complexity index is 1010. The van der Waals surface area contributed by atoms with Crippen molar-refractivity contribution in [2.75, 3.05) is 16.8 Å². The van der Waals surface area contributed by atoms with Gasteiger partial charge in [-0.15, -0.1) is 0 Å². The Morgan fingerprint density at radius 1 is 1.28 bits per heavy atom. The third-order valence-electron chi connectivity index (χ3n) is 5.20. The lowest BCUT2D eigenvalue weighted by Gasteiger charge is -2.31. The minimum atomic E-state index is -0.0427. The zero-order chi connectivity index (χ0) is 20.6. The van der Waals surface area contributed by atoms with Crippen LogP contribution in [0.25, 0.3) is 5.52 Å². The summed E-state index contributed by atoms with van der Waals surface area (Å²) >= 11 is 0. The van der Waals surface area contributed by atoms with Crippen molar-refractivity contribution in [3.8, 4) is 0 Å². The van der Waals surface area contributed by atoms with Crippen LogP contribution in [0, 0.1) is 12.3 Å². The van der Waals surface area contributed by atoms with Gasteiger partial charge < -0.3 is 10.2 Å². The molecule has 0 radical (unpaired) electrons. The number of amides is 1. The number of carbonyl (C=O) groups is 1. The average molecular weight is 392 g/mol. The maximum absolute atomic E-state index is 12.4. The summed E-state index contributed by atoms with van der Waals surface area (Å²) < 4.78 is 1.91. The molecule has 4 rings (SSSR count). The monoisotopic (exact) mass is 391 g/mol. The van der Waals surface area contributed by atoms with E-state index < -0.39 is 0 Å². The number of aryl methyl sites for hydroxylation is 2. The van der Waals surface area contributed by atoms with E-state index in [2.05, 4.69) is 60.5 Å². The SMILES string of the molecule is Cc1cc2c(nc1NC(=O)CC(C)(C)C)CCCN2Cc1cc2cccnn2c1. The Labute approximate surface area is 171 Å². The number of rotatable bonds is 4. The summed E-state index contributed by atoms with van der Waals surface area (Å²) in [5.41, 5.74) is 5.53. The molecule has 3 aromatic heterocycles. The molecule has 0 aliphatic carbocycles. The zero-order valence-corrected chi connectivity index (χ0v) is 17.7. The summed E-state index contributed by atoms with van der Waals surface area (Å²) in [6.07, 6.45) is 6.37. The second-order valence-electron chi connectivity index (χ2n) is 9.17. The summed E-state index contributed by atoms with van der Waals surface area (Å²) in [4.78, 5) is 19.6. The number of fused-ring (bicyclic) bond motifs is 2. The van der Waals surface area contributed by atoms with E-state index in [-0.39, 0.29) is 11.3 Å². The molecule has 0 saturated heterocycles. The molecule has 1 N–H and O–H groups in total. The number of nitrogens with zero attached hydrogens (tertiary/aromatic N) is 4. The molecule has 0 atom stereocenters. The van der Waals surface area contributed by atoms with Gasteiger partial charge in [0.2, 0.25) is 5.91 Å². The van der Waals surface area contributed by atoms with Crippen LogP contribution in [0.2, 0.25) is 0 Å². The number of hydrogen-bond donors (Lipinski definition) is 1. The zero-order valence-electron chi connectivity index (χ0n) is 17.7. The number of anilines is 2. The summed E-state index contributed by atoms with van der Waals surface area (Å²) in [7, 11) is 0. The minimum Gasteiger partial charge on any atom is -0.366 e. The predicted molar refractivity (Wildman–Crippen MR) is 116 cm³/mol. The molecule has 0 unspecified atom stereocenters. The maximum Gasteiger partial charge on any atom is 0.226 e. The third kappa shape index (κ3) is 4.42. The first kappa shape index (κ1) is 19.4. The minimum absolute atomic E-state index is 0.0220. The van der Waals surface area contributed by atoms with Gasteiger partial charge in [-0.25, -0.2) is 9.50 Å². The first-order valence-electron chi connectivity index (χ1n) is 10.3. The van der Waals surface area contributed by atoms with Gasteiger partial charge in [-0.1, -0.05) is 20.8 Å². The molecule has 0 saturated carbocycles. The quantitative estimate of drug-likeness (QED) is 0.718. The summed E-state index contributed by atoms with van der Waals surface area (Å²) in [6, 6.07) is 8.38. The lowest BCUT2D eigenvalue weighted by Crippen LogP contribution is -2.30. The van der Waals surface area contributed by atoms with Crippen LogP contribution < -0.4 is 10.2 Å². The molecule has 0 aromatic carbocycles. The molecule has 0 fully saturated rings. The van der Waals surface area contributed by atoms with E-state index in [9.17, 15) is 4.79 Å². The Morgan fingerprint density at radius 3 is 2.86 bits per heavy atom. The molecule has 1 amide bonds. The van der Waals surface area contributed by atoms with Crippen LogP contribution in [-0.2, 0) is 17.8 Å². The molecule has 152 valence electrons. The molecule has 0 spiro atoms. The van der Waals surface area contributed by atoms with Crippen molar-refractivity contribution >= 4 is 22.9 Å². The van der Waals surface area contributed by atoms with Gasteiger partial charge in [0.15, 0.2) is 0 Å². The van der Waals surface area contributed by atoms with Crippen molar-refractivity contribution in [1.82, 2.24) is 14.6 Å². The fourth-order valence-corrected chi connectivity index (χ4v) is 3.91. The molecule has 3 aromatic rings. The lowest BCUT2D eigenvalue weighted by molar-refractivity contribution is -0.117. The highest BCUT2D eigenvalue weighted by molar-refractivity contribution is 5.91. The first-order chi connectivity index (χ1) is 13.8. The van der Waals surface area contributed by atoms with Gasteiger partial charge in [0.25, 0.3) is 0 Å². The van der Waals surface area contributed by atoms with E-state index in [1.165, 1.54) is 11.3 Å². The molecular weight excluding hydrogens is 362 g/mol. The van der Waals surface area contributed by atoms with Gasteiger partial charge in [0.05, 0.1) is 16.9 Å². The fraction of sp³-hybridized carbons (Fsp3) is 0.435. The highest BCUT2D eigenvalue weighted by atomic mass is 16.1. The van der Waals surface area contributed by atoms with Crippen LogP contribution in [0.5, 0.6) is 0 Å². The van der Waals surface area contributed by atoms with Crippen molar-refractivity contribution in [1.29, 1.82) is 0 Å². The second-order valence-corrected chi connectivity index (χ2v) is 9.17. The number of aromatic nitrogens is 3. The van der Waals surface area contributed by atoms with Crippen molar-refractivity contribution in [2.24, 2.45) is 5.41 Å². The van der Waals surface area contributed by atoms with Crippen LogP contribution in [0.4, 0.5) is 11.5 Å². The summed E-state index contributed by atoms with van der Waals surface area (Å²) in [5.74, 6) is 0.715. The largest absolute Gasteiger partial charge is 0.366 e. The van der Waals surface area contributed by atoms with Gasteiger partial charge >= 0.3 is 0 Å². The summed E-state index contributed by atoms with van der Waals surface area (Å²) in [5, 5.41) is 7.38. The van der Waals surface area contributed by atoms with Crippen molar-refractivity contribution < 1.29 is 4.79 Å². The molecule has 4 heterocycles. The fourth-order valence-electron chi connectivity index (χ4n) is 3.91. The van der Waals surface area contributed by atoms with E-state index in [0.717, 1.165) is 42.7 Å². The van der Waals surface area contributed by atoms with Crippen LogP contribution >= 0.6 is 0 Å². The Morgan fingerprint density at radius 2 is 2.10 bits per heavy atom. The van der Waals surface area contributed by atoms with Gasteiger partial charge in [-0.05, 0) is 60.6 Å². The highest BCUT2D eigenvalue weighted by Crippen LogP contribution is 2.31. The molecule has 0 bridgehead atoms. The average Bonchev–Trinajstić information content (AvgIpc) is 3.04. The second kappa shape index (κ2) is 7.50. The normalized spacial score (nSPS) is 14.1. The highest BCUT2D eigenvalue weighted by Gasteiger charge is 2.22. The number of nitrogens with one attached hydrogen (secondary N) is 1. The Hall–Kier alpha value is -2.89. The molecule has 1 aliphatic rings. The standard InChI is InChI=1S/C23H29N5O/c1-16-11-20-19(25-22(16)26-21(29)13-23(2,3)4)8-6-10-27(20)14-17-12-18-7-5-9-24-28(18)15-17/h5,7,9,11-12,15H,6,8,10,13-14H2,1-4H3,(H,25,26,29). The van der Waals surface area contributed by atoms with Crippen LogP contribution in [0.1, 0.15) is 50.4 Å². The number of carbonyl (C=O) groups excluding carboxylic acids is 1. The van der Waals surface area contributed by atoms with E-state index in [1.807, 2.05) is 17.5 Å². The van der Waals surface area contributed by atoms with E-state index in [0.29, 0.717) is 12.2 Å². The smallest absolute Gasteiger partial charge is 0.226 e. The van der Waals surface area contributed by atoms with E-state index in [1.54, 1.807) is 6.20 Å². The summed E-state index contributed by atoms with van der Waals surface area (Å²) in [6.45, 7) is 10.1. The van der Waals surface area contributed by atoms with Gasteiger partial charge in [0.1, 0.15) is 5.82 Å². The molecule has 6 nitrogen and oxygen atoms in total. The maximum atomic E-state index is 12.4. The molecule has 29 heavy (non-hydrogen) atoms. The molecule has 6 heteroatoms. The van der Waals surface area contributed by atoms with Crippen molar-refractivity contribution in [3.05, 3.63) is 53.5 Å². The predicted octanol–water partition coefficient (Wildman–Crippen LogP) is 4.37. The third-order valence-corrected chi connectivity index (χ3v) is 5.20. The van der Waals surface area contributed by atoms with Gasteiger partial charge in [0, 0.05) is 31.9 Å². The molecule has 1 aliphatic heterocycles. The Balaban J connectivity index is 1.55. The van der Waals surface area contributed by atoms with Crippen LogP contribution in [0.3, 0.4) is 0 Å². The van der Waals surface area contributed by atoms with Crippen molar-refractivity contribution in [2.45, 2.75) is 53.5 Å². The van der Waals surface area contributed by atoms with Gasteiger partial charge in [-0.3, -0.25) is 4.79 Å². The van der Waals surface area contributed by atoms with Crippen LogP contribution in [0.15, 0.2) is 36.7 Å². The van der Waals surface area contributed by atoms with Gasteiger partial charge in [-0.2, -0.15) is 5.10 Å². The van der Waals surface area contributed by atoms with E-state index >= 15 is 0 Å². The molecular formula is C23H29N5O. The lowest BCUT2D eigenvalue weighted by atomic mass is 9.92. The Kier molecular flexibility index (Phi) is 5.03. The van der Waals surface area contributed by atoms with E-state index in [4.69, 9.17) is 4.98 Å². The van der Waals surface area contributed by atoms with Crippen LogP contribution in [-0.4, -0.2) is 27.0 Å². The first-order valence-corrected chi connectivity index (χ1v) is 10.3. The number of pyridine rings is 1. The van der Waals surface area contributed by atoms with Crippen molar-refractivity contribution in [3.63, 3.8) is 0 Å².